The van der Waals surface area contributed by atoms with E-state index >= 15 is 0 Å². The van der Waals surface area contributed by atoms with Gasteiger partial charge in [0, 0.05) is 33.9 Å². The molecule has 0 bridgehead atoms. The zero-order valence-corrected chi connectivity index (χ0v) is 11.7. The smallest absolute Gasteiger partial charge is 0.246 e. The van der Waals surface area contributed by atoms with Crippen LogP contribution in [0.2, 0.25) is 0 Å². The van der Waals surface area contributed by atoms with E-state index in [1.165, 1.54) is 0 Å². The Balaban J connectivity index is 2.26. The lowest BCUT2D eigenvalue weighted by atomic mass is 10.3. The van der Waals surface area contributed by atoms with E-state index in [9.17, 15) is 4.79 Å². The third kappa shape index (κ3) is 6.17. The topological polar surface area (TPSA) is 63.7 Å². The van der Waals surface area contributed by atoms with Crippen LogP contribution in [0.5, 0.6) is 0 Å². The summed E-state index contributed by atoms with van der Waals surface area (Å²) in [7, 11) is 5.45. The van der Waals surface area contributed by atoms with Crippen LogP contribution in [0, 0.1) is 0 Å². The summed E-state index contributed by atoms with van der Waals surface area (Å²) in [6.45, 7) is 1.41. The molecule has 0 saturated carbocycles. The largest absolute Gasteiger partial charge is 0.382 e. The Morgan fingerprint density at radius 1 is 1.37 bits per heavy atom. The van der Waals surface area contributed by atoms with Crippen LogP contribution in [0.3, 0.4) is 0 Å². The van der Waals surface area contributed by atoms with Crippen LogP contribution in [-0.4, -0.2) is 51.9 Å². The normalized spacial score (nSPS) is 10.3. The van der Waals surface area contributed by atoms with E-state index in [1.807, 2.05) is 31.1 Å². The van der Waals surface area contributed by atoms with Gasteiger partial charge in [0.05, 0.1) is 13.2 Å². The Kier molecular flexibility index (Phi) is 6.84. The van der Waals surface area contributed by atoms with Gasteiger partial charge in [-0.3, -0.25) is 4.79 Å². The molecule has 6 heteroatoms. The number of methoxy groups -OCH3 is 1. The zero-order chi connectivity index (χ0) is 14.1. The highest BCUT2D eigenvalue weighted by molar-refractivity contribution is 5.77. The number of hydrogen-bond acceptors (Lipinski definition) is 5. The van der Waals surface area contributed by atoms with Crippen molar-refractivity contribution >= 4 is 11.7 Å². The van der Waals surface area contributed by atoms with E-state index in [-0.39, 0.29) is 12.5 Å². The standard InChI is InChI=1S/C13H21N3O3/c1-16(2)12-5-4-11(8-14-12)9-15-13(17)10-19-7-6-18-3/h4-5,8H,6-7,9-10H2,1-3H3,(H,15,17). The summed E-state index contributed by atoms with van der Waals surface area (Å²) in [5.41, 5.74) is 0.954. The molecule has 1 N–H and O–H groups in total. The molecule has 0 spiro atoms. The average Bonchev–Trinajstić information content (AvgIpc) is 2.42. The van der Waals surface area contributed by atoms with Gasteiger partial charge in [-0.2, -0.15) is 0 Å². The zero-order valence-electron chi connectivity index (χ0n) is 11.7. The van der Waals surface area contributed by atoms with Crippen molar-refractivity contribution in [2.24, 2.45) is 0 Å². The molecule has 0 fully saturated rings. The molecule has 1 heterocycles. The first-order chi connectivity index (χ1) is 9.13. The fourth-order valence-corrected chi connectivity index (χ4v) is 1.34. The Bertz CT molecular complexity index is 379. The van der Waals surface area contributed by atoms with E-state index in [0.29, 0.717) is 19.8 Å². The number of anilines is 1. The number of carbonyl (C=O) groups is 1. The lowest BCUT2D eigenvalue weighted by Crippen LogP contribution is -2.27. The number of rotatable bonds is 8. The predicted octanol–water partition coefficient (Wildman–Crippen LogP) is 0.427. The molecule has 6 nitrogen and oxygen atoms in total. The molecule has 0 aromatic carbocycles. The number of amides is 1. The van der Waals surface area contributed by atoms with Gasteiger partial charge < -0.3 is 19.7 Å². The minimum atomic E-state index is -0.146. The molecule has 19 heavy (non-hydrogen) atoms. The van der Waals surface area contributed by atoms with Gasteiger partial charge in [-0.25, -0.2) is 4.98 Å². The number of hydrogen-bond donors (Lipinski definition) is 1. The van der Waals surface area contributed by atoms with Gasteiger partial charge in [0.1, 0.15) is 12.4 Å². The van der Waals surface area contributed by atoms with Crippen LogP contribution in [0.1, 0.15) is 5.56 Å². The molecule has 0 radical (unpaired) electrons. The monoisotopic (exact) mass is 267 g/mol. The SMILES string of the molecule is COCCOCC(=O)NCc1ccc(N(C)C)nc1. The highest BCUT2D eigenvalue weighted by Gasteiger charge is 2.02. The fourth-order valence-electron chi connectivity index (χ4n) is 1.34. The van der Waals surface area contributed by atoms with Crippen molar-refractivity contribution in [3.63, 3.8) is 0 Å². The third-order valence-corrected chi connectivity index (χ3v) is 2.42. The molecule has 1 amide bonds. The summed E-state index contributed by atoms with van der Waals surface area (Å²) >= 11 is 0. The molecular weight excluding hydrogens is 246 g/mol. The number of aromatic nitrogens is 1. The summed E-state index contributed by atoms with van der Waals surface area (Å²) in [6, 6.07) is 3.85. The van der Waals surface area contributed by atoms with Crippen molar-refractivity contribution in [1.82, 2.24) is 10.3 Å². The number of pyridine rings is 1. The third-order valence-electron chi connectivity index (χ3n) is 2.42. The lowest BCUT2D eigenvalue weighted by Gasteiger charge is -2.11. The first-order valence-electron chi connectivity index (χ1n) is 6.09. The predicted molar refractivity (Wildman–Crippen MR) is 73.1 cm³/mol. The van der Waals surface area contributed by atoms with E-state index in [4.69, 9.17) is 9.47 Å². The van der Waals surface area contributed by atoms with Gasteiger partial charge in [-0.15, -0.1) is 0 Å². The van der Waals surface area contributed by atoms with Gasteiger partial charge in [0.25, 0.3) is 0 Å². The molecule has 0 unspecified atom stereocenters. The quantitative estimate of drug-likeness (QED) is 0.692. The lowest BCUT2D eigenvalue weighted by molar-refractivity contribution is -0.126. The first kappa shape index (κ1) is 15.4. The second-order valence-corrected chi connectivity index (χ2v) is 4.24. The minimum absolute atomic E-state index is 0.0482. The minimum Gasteiger partial charge on any atom is -0.382 e. The maximum absolute atomic E-state index is 11.4. The molecule has 0 saturated heterocycles. The van der Waals surface area contributed by atoms with Gasteiger partial charge in [0.2, 0.25) is 5.91 Å². The second-order valence-electron chi connectivity index (χ2n) is 4.24. The summed E-state index contributed by atoms with van der Waals surface area (Å²) in [6.07, 6.45) is 1.75. The first-order valence-corrected chi connectivity index (χ1v) is 6.09. The summed E-state index contributed by atoms with van der Waals surface area (Å²) in [5, 5.41) is 2.77. The molecule has 0 aliphatic rings. The van der Waals surface area contributed by atoms with Gasteiger partial charge >= 0.3 is 0 Å². The molecule has 106 valence electrons. The number of nitrogens with zero attached hydrogens (tertiary/aromatic N) is 2. The summed E-state index contributed by atoms with van der Waals surface area (Å²) in [5.74, 6) is 0.741. The highest BCUT2D eigenvalue weighted by atomic mass is 16.5. The molecule has 0 atom stereocenters. The van der Waals surface area contributed by atoms with Crippen molar-refractivity contribution in [3.05, 3.63) is 23.9 Å². The number of ether oxygens (including phenoxy) is 2. The van der Waals surface area contributed by atoms with Crippen LogP contribution < -0.4 is 10.2 Å². The van der Waals surface area contributed by atoms with Crippen molar-refractivity contribution in [1.29, 1.82) is 0 Å². The maximum atomic E-state index is 11.4. The van der Waals surface area contributed by atoms with E-state index < -0.39 is 0 Å². The summed E-state index contributed by atoms with van der Waals surface area (Å²) in [4.78, 5) is 17.6. The Morgan fingerprint density at radius 2 is 2.16 bits per heavy atom. The van der Waals surface area contributed by atoms with E-state index in [1.54, 1.807) is 13.3 Å². The van der Waals surface area contributed by atoms with Crippen molar-refractivity contribution < 1.29 is 14.3 Å². The number of carbonyl (C=O) groups excluding carboxylic acids is 1. The Labute approximate surface area is 113 Å². The fraction of sp³-hybridized carbons (Fsp3) is 0.538. The van der Waals surface area contributed by atoms with Crippen molar-refractivity contribution in [3.8, 4) is 0 Å². The van der Waals surface area contributed by atoms with Crippen molar-refractivity contribution in [2.45, 2.75) is 6.54 Å². The molecule has 1 aromatic rings. The van der Waals surface area contributed by atoms with Gasteiger partial charge in [-0.05, 0) is 11.6 Å². The molecular formula is C13H21N3O3. The second kappa shape index (κ2) is 8.44. The molecule has 1 aromatic heterocycles. The maximum Gasteiger partial charge on any atom is 0.246 e. The molecule has 0 aliphatic carbocycles. The van der Waals surface area contributed by atoms with Crippen LogP contribution >= 0.6 is 0 Å². The van der Waals surface area contributed by atoms with Crippen LogP contribution in [0.25, 0.3) is 0 Å². The van der Waals surface area contributed by atoms with Crippen LogP contribution in [0.4, 0.5) is 5.82 Å². The van der Waals surface area contributed by atoms with Gasteiger partial charge in [-0.1, -0.05) is 6.07 Å². The molecule has 1 rings (SSSR count). The number of nitrogens with one attached hydrogen (secondary N) is 1. The van der Waals surface area contributed by atoms with Gasteiger partial charge in [0.15, 0.2) is 0 Å². The average molecular weight is 267 g/mol. The molecule has 0 aliphatic heterocycles. The highest BCUT2D eigenvalue weighted by Crippen LogP contribution is 2.07. The van der Waals surface area contributed by atoms with Crippen molar-refractivity contribution in [2.75, 3.05) is 45.9 Å². The van der Waals surface area contributed by atoms with Crippen LogP contribution in [-0.2, 0) is 20.8 Å². The Hall–Kier alpha value is -1.66. The summed E-state index contributed by atoms with van der Waals surface area (Å²) < 4.78 is 9.93. The van der Waals surface area contributed by atoms with E-state index in [0.717, 1.165) is 11.4 Å². The Morgan fingerprint density at radius 3 is 2.74 bits per heavy atom. The van der Waals surface area contributed by atoms with E-state index in [2.05, 4.69) is 10.3 Å². The van der Waals surface area contributed by atoms with Crippen LogP contribution in [0.15, 0.2) is 18.3 Å².